The zero-order valence-electron chi connectivity index (χ0n) is 10.9. The van der Waals surface area contributed by atoms with Gasteiger partial charge in [-0.1, -0.05) is 24.6 Å². The molecule has 1 N–H and O–H groups in total. The summed E-state index contributed by atoms with van der Waals surface area (Å²) in [5.74, 6) is 1.21. The Morgan fingerprint density at radius 2 is 1.89 bits per heavy atom. The van der Waals surface area contributed by atoms with Crippen LogP contribution < -0.4 is 0 Å². The summed E-state index contributed by atoms with van der Waals surface area (Å²) in [4.78, 5) is 2.35. The minimum absolute atomic E-state index is 0.00120. The number of hydrogen-bond acceptors (Lipinski definition) is 2. The minimum atomic E-state index is -0.178. The maximum atomic E-state index is 11.9. The predicted octanol–water partition coefficient (Wildman–Crippen LogP) is 2.53. The molecule has 3 unspecified atom stereocenters. The van der Waals surface area contributed by atoms with Crippen molar-refractivity contribution in [3.63, 3.8) is 0 Å². The monoisotopic (exact) mass is 251 g/mol. The normalized spacial score (nSPS) is 31.4. The second-order valence-corrected chi connectivity index (χ2v) is 5.44. The van der Waals surface area contributed by atoms with E-state index in [4.69, 9.17) is 0 Å². The fourth-order valence-electron chi connectivity index (χ4n) is 3.08. The first-order valence-corrected chi connectivity index (χ1v) is 6.74. The van der Waals surface area contributed by atoms with E-state index < -0.39 is 0 Å². The molecule has 3 atom stereocenters. The molecular formula is C15H22FNO. The number of rotatable bonds is 0. The molecule has 1 saturated carbocycles. The molecule has 2 aliphatic rings. The van der Waals surface area contributed by atoms with Crippen molar-refractivity contribution in [1.29, 1.82) is 0 Å². The fraction of sp³-hybridized carbons (Fsp3) is 0.600. The first kappa shape index (κ1) is 13.5. The van der Waals surface area contributed by atoms with Crippen LogP contribution in [0, 0.1) is 17.7 Å². The molecule has 3 rings (SSSR count). The van der Waals surface area contributed by atoms with Gasteiger partial charge in [0, 0.05) is 19.0 Å². The van der Waals surface area contributed by atoms with Crippen molar-refractivity contribution in [2.24, 2.45) is 11.8 Å². The van der Waals surface area contributed by atoms with Crippen molar-refractivity contribution in [3.05, 3.63) is 36.1 Å². The number of halogens is 1. The van der Waals surface area contributed by atoms with E-state index in [9.17, 15) is 9.50 Å². The molecule has 100 valence electrons. The number of aliphatic hydroxyl groups excluding tert-OH is 1. The molecule has 1 heterocycles. The summed E-state index contributed by atoms with van der Waals surface area (Å²) < 4.78 is 11.9. The smallest absolute Gasteiger partial charge is 0.123 e. The Hall–Kier alpha value is -0.930. The molecule has 0 amide bonds. The molecular weight excluding hydrogens is 229 g/mol. The number of fused-ring (bicyclic) bond motifs is 1. The first-order chi connectivity index (χ1) is 8.66. The van der Waals surface area contributed by atoms with Crippen molar-refractivity contribution in [3.8, 4) is 0 Å². The molecule has 1 saturated heterocycles. The zero-order valence-corrected chi connectivity index (χ0v) is 10.9. The number of nitrogens with zero attached hydrogens (tertiary/aromatic N) is 1. The van der Waals surface area contributed by atoms with E-state index in [1.807, 2.05) is 0 Å². The number of aliphatic hydroxyl groups is 1. The van der Waals surface area contributed by atoms with Gasteiger partial charge in [0.15, 0.2) is 0 Å². The lowest BCUT2D eigenvalue weighted by Crippen LogP contribution is -2.31. The van der Waals surface area contributed by atoms with Crippen molar-refractivity contribution in [1.82, 2.24) is 4.90 Å². The van der Waals surface area contributed by atoms with Crippen LogP contribution in [-0.2, 0) is 0 Å². The highest BCUT2D eigenvalue weighted by molar-refractivity contribution is 5.02. The molecule has 0 radical (unpaired) electrons. The van der Waals surface area contributed by atoms with E-state index in [0.29, 0.717) is 5.92 Å². The second-order valence-electron chi connectivity index (χ2n) is 5.44. The highest BCUT2D eigenvalue weighted by Crippen LogP contribution is 2.35. The Balaban J connectivity index is 0.000000149. The molecule has 18 heavy (non-hydrogen) atoms. The van der Waals surface area contributed by atoms with Crippen LogP contribution in [0.25, 0.3) is 0 Å². The lowest BCUT2D eigenvalue weighted by atomic mass is 9.80. The van der Waals surface area contributed by atoms with Crippen molar-refractivity contribution in [2.75, 3.05) is 20.1 Å². The van der Waals surface area contributed by atoms with E-state index in [1.165, 1.54) is 31.5 Å². The Morgan fingerprint density at radius 3 is 2.44 bits per heavy atom. The highest BCUT2D eigenvalue weighted by atomic mass is 19.1. The van der Waals surface area contributed by atoms with Gasteiger partial charge in [0.2, 0.25) is 0 Å². The molecule has 2 fully saturated rings. The number of benzene rings is 1. The Morgan fingerprint density at radius 1 is 1.17 bits per heavy atom. The van der Waals surface area contributed by atoms with Gasteiger partial charge in [0.05, 0.1) is 6.10 Å². The van der Waals surface area contributed by atoms with Gasteiger partial charge in [-0.15, -0.1) is 0 Å². The summed E-state index contributed by atoms with van der Waals surface area (Å²) in [6.07, 6.45) is 3.61. The molecule has 2 nitrogen and oxygen atoms in total. The third-order valence-electron chi connectivity index (χ3n) is 3.98. The van der Waals surface area contributed by atoms with E-state index >= 15 is 0 Å². The van der Waals surface area contributed by atoms with Crippen LogP contribution in [0.1, 0.15) is 19.3 Å². The van der Waals surface area contributed by atoms with Crippen LogP contribution >= 0.6 is 0 Å². The van der Waals surface area contributed by atoms with Gasteiger partial charge in [-0.2, -0.15) is 0 Å². The quantitative estimate of drug-likeness (QED) is 0.766. The molecule has 1 aromatic carbocycles. The molecule has 1 aromatic rings. The third kappa shape index (κ3) is 3.53. The zero-order chi connectivity index (χ0) is 13.0. The van der Waals surface area contributed by atoms with Gasteiger partial charge in [-0.25, -0.2) is 4.39 Å². The Labute approximate surface area is 108 Å². The number of likely N-dealkylation sites (tertiary alicyclic amines) is 1. The highest BCUT2D eigenvalue weighted by Gasteiger charge is 2.37. The van der Waals surface area contributed by atoms with E-state index in [-0.39, 0.29) is 11.9 Å². The van der Waals surface area contributed by atoms with Gasteiger partial charge < -0.3 is 10.0 Å². The van der Waals surface area contributed by atoms with E-state index in [2.05, 4.69) is 11.9 Å². The van der Waals surface area contributed by atoms with Crippen LogP contribution in [0.2, 0.25) is 0 Å². The van der Waals surface area contributed by atoms with Gasteiger partial charge in [0.25, 0.3) is 0 Å². The molecule has 1 aliphatic carbocycles. The van der Waals surface area contributed by atoms with Crippen LogP contribution in [0.3, 0.4) is 0 Å². The fourth-order valence-corrected chi connectivity index (χ4v) is 3.08. The predicted molar refractivity (Wildman–Crippen MR) is 70.7 cm³/mol. The summed E-state index contributed by atoms with van der Waals surface area (Å²) in [5.41, 5.74) is 0. The lowest BCUT2D eigenvalue weighted by Gasteiger charge is -2.28. The summed E-state index contributed by atoms with van der Waals surface area (Å²) in [5, 5.41) is 9.67. The van der Waals surface area contributed by atoms with Crippen molar-refractivity contribution >= 4 is 0 Å². The second kappa shape index (κ2) is 6.30. The summed E-state index contributed by atoms with van der Waals surface area (Å²) in [7, 11) is 2.16. The topological polar surface area (TPSA) is 23.5 Å². The summed E-state index contributed by atoms with van der Waals surface area (Å²) in [6.45, 7) is 2.33. The van der Waals surface area contributed by atoms with Crippen LogP contribution in [-0.4, -0.2) is 36.2 Å². The lowest BCUT2D eigenvalue weighted by molar-refractivity contribution is 0.0551. The van der Waals surface area contributed by atoms with Crippen molar-refractivity contribution in [2.45, 2.75) is 25.4 Å². The molecule has 1 aliphatic heterocycles. The maximum Gasteiger partial charge on any atom is 0.123 e. The number of hydrogen-bond donors (Lipinski definition) is 1. The van der Waals surface area contributed by atoms with Crippen molar-refractivity contribution < 1.29 is 9.50 Å². The molecule has 3 heteroatoms. The third-order valence-corrected chi connectivity index (χ3v) is 3.98. The average molecular weight is 251 g/mol. The van der Waals surface area contributed by atoms with Gasteiger partial charge in [-0.3, -0.25) is 0 Å². The first-order valence-electron chi connectivity index (χ1n) is 6.74. The standard InChI is InChI=1S/C9H17NO.C6H5F/c1-10-5-7-3-2-4-9(11)8(7)6-10;7-6-4-2-1-3-5-6/h7-9,11H,2-6H2,1H3;1-5H. The van der Waals surface area contributed by atoms with E-state index in [0.717, 1.165) is 18.9 Å². The Kier molecular flexibility index (Phi) is 4.72. The largest absolute Gasteiger partial charge is 0.393 e. The summed E-state index contributed by atoms with van der Waals surface area (Å²) >= 11 is 0. The molecule has 0 spiro atoms. The minimum Gasteiger partial charge on any atom is -0.393 e. The average Bonchev–Trinajstić information content (AvgIpc) is 2.73. The summed E-state index contributed by atoms with van der Waals surface area (Å²) in [6, 6.07) is 7.94. The molecule has 0 bridgehead atoms. The van der Waals surface area contributed by atoms with Crippen LogP contribution in [0.15, 0.2) is 30.3 Å². The Bertz CT molecular complexity index is 357. The van der Waals surface area contributed by atoms with Gasteiger partial charge in [-0.05, 0) is 37.9 Å². The maximum absolute atomic E-state index is 11.9. The van der Waals surface area contributed by atoms with Gasteiger partial charge >= 0.3 is 0 Å². The van der Waals surface area contributed by atoms with E-state index in [1.54, 1.807) is 18.2 Å². The molecule has 0 aromatic heterocycles. The SMILES string of the molecule is CN1CC2CCCC(O)C2C1.Fc1ccccc1. The van der Waals surface area contributed by atoms with Crippen LogP contribution in [0.4, 0.5) is 4.39 Å². The van der Waals surface area contributed by atoms with Gasteiger partial charge in [0.1, 0.15) is 5.82 Å². The van der Waals surface area contributed by atoms with Crippen LogP contribution in [0.5, 0.6) is 0 Å².